The summed E-state index contributed by atoms with van der Waals surface area (Å²) in [5, 5.41) is 2.99. The third kappa shape index (κ3) is 4.70. The minimum absolute atomic E-state index is 0.0305. The number of amides is 1. The van der Waals surface area contributed by atoms with Gasteiger partial charge in [0, 0.05) is 32.0 Å². The van der Waals surface area contributed by atoms with Crippen LogP contribution in [0.15, 0.2) is 4.99 Å². The van der Waals surface area contributed by atoms with Gasteiger partial charge >= 0.3 is 0 Å². The summed E-state index contributed by atoms with van der Waals surface area (Å²) < 4.78 is 0. The van der Waals surface area contributed by atoms with Crippen molar-refractivity contribution in [1.29, 1.82) is 0 Å². The van der Waals surface area contributed by atoms with Crippen molar-refractivity contribution in [2.24, 2.45) is 16.5 Å². The number of hydrogen-bond donors (Lipinski definition) is 3. The lowest BCUT2D eigenvalue weighted by molar-refractivity contribution is -0.131. The average Bonchev–Trinajstić information content (AvgIpc) is 2.47. The number of piperazine rings is 1. The van der Waals surface area contributed by atoms with E-state index in [1.807, 2.05) is 0 Å². The number of hydrogen-bond acceptors (Lipinski definition) is 4. The van der Waals surface area contributed by atoms with Crippen LogP contribution in [0.5, 0.6) is 0 Å². The molecule has 7 nitrogen and oxygen atoms in total. The number of Topliss-reactive ketones (excluding diaryl/α,β-unsaturated/α-hetero) is 1. The molecule has 2 fully saturated rings. The average molecular weight is 295 g/mol. The Labute approximate surface area is 125 Å². The molecular weight excluding hydrogens is 270 g/mol. The van der Waals surface area contributed by atoms with Crippen molar-refractivity contribution >= 4 is 17.6 Å². The van der Waals surface area contributed by atoms with E-state index in [0.717, 1.165) is 38.8 Å². The molecule has 0 spiro atoms. The third-order valence-electron chi connectivity index (χ3n) is 4.10. The van der Waals surface area contributed by atoms with Crippen LogP contribution in [-0.2, 0) is 9.59 Å². The topological polar surface area (TPSA) is 114 Å². The van der Waals surface area contributed by atoms with Gasteiger partial charge in [-0.2, -0.15) is 0 Å². The molecule has 21 heavy (non-hydrogen) atoms. The van der Waals surface area contributed by atoms with Gasteiger partial charge in [-0.25, -0.2) is 0 Å². The largest absolute Gasteiger partial charge is 0.370 e. The van der Waals surface area contributed by atoms with Gasteiger partial charge < -0.3 is 16.8 Å². The predicted molar refractivity (Wildman–Crippen MR) is 80.7 cm³/mol. The van der Waals surface area contributed by atoms with Crippen LogP contribution in [0.1, 0.15) is 38.5 Å². The molecule has 7 heteroatoms. The Hall–Kier alpha value is -1.63. The summed E-state index contributed by atoms with van der Waals surface area (Å²) in [4.78, 5) is 30.2. The normalized spacial score (nSPS) is 29.8. The molecule has 0 saturated carbocycles. The van der Waals surface area contributed by atoms with E-state index in [2.05, 4.69) is 15.2 Å². The lowest BCUT2D eigenvalue weighted by Gasteiger charge is -2.38. The highest BCUT2D eigenvalue weighted by molar-refractivity contribution is 5.85. The maximum atomic E-state index is 12.3. The number of guanidine groups is 1. The number of nitrogens with two attached hydrogens (primary N) is 2. The first-order chi connectivity index (χ1) is 10.1. The van der Waals surface area contributed by atoms with Gasteiger partial charge in [0.15, 0.2) is 5.96 Å². The molecule has 3 atom stereocenters. The van der Waals surface area contributed by atoms with E-state index in [0.29, 0.717) is 19.4 Å². The number of aliphatic imine (C=N–C) groups is 1. The van der Waals surface area contributed by atoms with Gasteiger partial charge in [0.2, 0.25) is 5.91 Å². The number of carbonyl (C=O) groups is 2. The monoisotopic (exact) mass is 295 g/mol. The fourth-order valence-corrected chi connectivity index (χ4v) is 3.10. The van der Waals surface area contributed by atoms with Crippen molar-refractivity contribution in [3.63, 3.8) is 0 Å². The van der Waals surface area contributed by atoms with Gasteiger partial charge in [-0.05, 0) is 32.2 Å². The van der Waals surface area contributed by atoms with Gasteiger partial charge in [0.25, 0.3) is 0 Å². The molecule has 118 valence electrons. The zero-order chi connectivity index (χ0) is 15.2. The van der Waals surface area contributed by atoms with Crippen LogP contribution >= 0.6 is 0 Å². The number of ketones is 1. The van der Waals surface area contributed by atoms with E-state index in [4.69, 9.17) is 11.5 Å². The fraction of sp³-hybridized carbons (Fsp3) is 0.786. The third-order valence-corrected chi connectivity index (χ3v) is 4.10. The van der Waals surface area contributed by atoms with Crippen molar-refractivity contribution in [3.05, 3.63) is 0 Å². The Kier molecular flexibility index (Phi) is 5.55. The second kappa shape index (κ2) is 7.40. The van der Waals surface area contributed by atoms with Crippen LogP contribution < -0.4 is 16.8 Å². The molecule has 0 aromatic rings. The molecular formula is C14H25N5O2. The summed E-state index contributed by atoms with van der Waals surface area (Å²) in [6, 6.07) is -0.152. The van der Waals surface area contributed by atoms with Crippen molar-refractivity contribution in [3.8, 4) is 0 Å². The van der Waals surface area contributed by atoms with Crippen LogP contribution in [0.2, 0.25) is 0 Å². The minimum Gasteiger partial charge on any atom is -0.370 e. The Bertz CT molecular complexity index is 420. The van der Waals surface area contributed by atoms with Gasteiger partial charge in [-0.3, -0.25) is 19.5 Å². The fourth-order valence-electron chi connectivity index (χ4n) is 3.10. The molecule has 1 amide bonds. The molecule has 2 heterocycles. The lowest BCUT2D eigenvalue weighted by Crippen LogP contribution is -2.60. The molecule has 2 unspecified atom stereocenters. The SMILES string of the molecule is NC(N)=NCCC[C@H]1C(=O)NC2CC(=O)CCCCN1C2. The highest BCUT2D eigenvalue weighted by Gasteiger charge is 2.34. The van der Waals surface area contributed by atoms with Gasteiger partial charge in [-0.1, -0.05) is 0 Å². The second-order valence-electron chi connectivity index (χ2n) is 5.86. The first-order valence-electron chi connectivity index (χ1n) is 7.68. The van der Waals surface area contributed by atoms with Crippen LogP contribution in [-0.4, -0.2) is 54.3 Å². The molecule has 0 aromatic carbocycles. The summed E-state index contributed by atoms with van der Waals surface area (Å²) in [7, 11) is 0. The van der Waals surface area contributed by atoms with E-state index in [1.54, 1.807) is 0 Å². The number of fused-ring (bicyclic) bond motifs is 2. The Morgan fingerprint density at radius 3 is 2.90 bits per heavy atom. The Morgan fingerprint density at radius 1 is 1.33 bits per heavy atom. The van der Waals surface area contributed by atoms with E-state index in [9.17, 15) is 9.59 Å². The van der Waals surface area contributed by atoms with Crippen molar-refractivity contribution in [1.82, 2.24) is 10.2 Å². The van der Waals surface area contributed by atoms with E-state index in [-0.39, 0.29) is 29.7 Å². The van der Waals surface area contributed by atoms with Crippen molar-refractivity contribution in [2.45, 2.75) is 50.6 Å². The molecule has 5 N–H and O–H groups in total. The number of nitrogens with one attached hydrogen (secondary N) is 1. The summed E-state index contributed by atoms with van der Waals surface area (Å²) in [5.74, 6) is 0.378. The van der Waals surface area contributed by atoms with Crippen LogP contribution in [0.25, 0.3) is 0 Å². The molecule has 0 radical (unpaired) electrons. The number of nitrogens with zero attached hydrogens (tertiary/aromatic N) is 2. The van der Waals surface area contributed by atoms with Crippen LogP contribution in [0.3, 0.4) is 0 Å². The molecule has 2 aliphatic heterocycles. The number of rotatable bonds is 4. The van der Waals surface area contributed by atoms with Gasteiger partial charge in [0.05, 0.1) is 6.04 Å². The minimum atomic E-state index is -0.122. The maximum absolute atomic E-state index is 12.3. The Balaban J connectivity index is 1.93. The first-order valence-corrected chi connectivity index (χ1v) is 7.68. The predicted octanol–water partition coefficient (Wildman–Crippen LogP) is -0.648. The standard InChI is InChI=1S/C14H25N5O2/c15-14(16)17-6-3-5-12-13(21)18-10-8-11(20)4-1-2-7-19(12)9-10/h10,12H,1-9H2,(H,18,21)(H4,15,16,17)/t10?,12-/m0/s1. The molecule has 2 bridgehead atoms. The van der Waals surface area contributed by atoms with Crippen molar-refractivity contribution < 1.29 is 9.59 Å². The highest BCUT2D eigenvalue weighted by Crippen LogP contribution is 2.19. The van der Waals surface area contributed by atoms with Gasteiger partial charge in [-0.15, -0.1) is 0 Å². The molecule has 2 saturated heterocycles. The molecule has 0 aliphatic carbocycles. The van der Waals surface area contributed by atoms with Gasteiger partial charge in [0.1, 0.15) is 5.78 Å². The van der Waals surface area contributed by atoms with Crippen LogP contribution in [0, 0.1) is 0 Å². The quantitative estimate of drug-likeness (QED) is 0.362. The molecule has 2 aliphatic rings. The molecule has 2 rings (SSSR count). The lowest BCUT2D eigenvalue weighted by atomic mass is 10.0. The smallest absolute Gasteiger partial charge is 0.237 e. The number of carbonyl (C=O) groups excluding carboxylic acids is 2. The highest BCUT2D eigenvalue weighted by atomic mass is 16.2. The van der Waals surface area contributed by atoms with E-state index >= 15 is 0 Å². The summed E-state index contributed by atoms with van der Waals surface area (Å²) >= 11 is 0. The van der Waals surface area contributed by atoms with Crippen molar-refractivity contribution in [2.75, 3.05) is 19.6 Å². The molecule has 0 aromatic heterocycles. The second-order valence-corrected chi connectivity index (χ2v) is 5.86. The van der Waals surface area contributed by atoms with E-state index in [1.165, 1.54) is 0 Å². The summed E-state index contributed by atoms with van der Waals surface area (Å²) in [5.41, 5.74) is 10.6. The van der Waals surface area contributed by atoms with E-state index < -0.39 is 0 Å². The first kappa shape index (κ1) is 15.8. The Morgan fingerprint density at radius 2 is 2.14 bits per heavy atom. The zero-order valence-corrected chi connectivity index (χ0v) is 12.4. The summed E-state index contributed by atoms with van der Waals surface area (Å²) in [6.07, 6.45) is 4.49. The zero-order valence-electron chi connectivity index (χ0n) is 12.4. The maximum Gasteiger partial charge on any atom is 0.237 e. The summed E-state index contributed by atoms with van der Waals surface area (Å²) in [6.45, 7) is 2.19. The van der Waals surface area contributed by atoms with Crippen LogP contribution in [0.4, 0.5) is 0 Å².